The summed E-state index contributed by atoms with van der Waals surface area (Å²) in [7, 11) is 1.46. The van der Waals surface area contributed by atoms with Gasteiger partial charge >= 0.3 is 0 Å². The van der Waals surface area contributed by atoms with Crippen LogP contribution in [-0.2, 0) is 16.0 Å². The number of anilines is 2. The number of rotatable bonds is 5. The van der Waals surface area contributed by atoms with Crippen molar-refractivity contribution < 1.29 is 19.2 Å². The number of nitrogens with zero attached hydrogens (tertiary/aromatic N) is 2. The van der Waals surface area contributed by atoms with Crippen LogP contribution in [0.15, 0.2) is 36.4 Å². The van der Waals surface area contributed by atoms with E-state index in [9.17, 15) is 19.7 Å². The van der Waals surface area contributed by atoms with E-state index in [0.29, 0.717) is 12.2 Å². The lowest BCUT2D eigenvalue weighted by Gasteiger charge is -2.29. The van der Waals surface area contributed by atoms with Crippen molar-refractivity contribution in [1.82, 2.24) is 0 Å². The number of amides is 2. The van der Waals surface area contributed by atoms with E-state index < -0.39 is 10.8 Å². The van der Waals surface area contributed by atoms with Gasteiger partial charge in [-0.05, 0) is 42.7 Å². The third-order valence-electron chi connectivity index (χ3n) is 4.44. The molecule has 2 aromatic rings. The number of fused-ring (bicyclic) bond motifs is 1. The molecule has 2 aromatic carbocycles. The summed E-state index contributed by atoms with van der Waals surface area (Å²) in [5.74, 6) is -0.662. The summed E-state index contributed by atoms with van der Waals surface area (Å²) in [6.45, 7) is 0.556. The fourth-order valence-corrected chi connectivity index (χ4v) is 3.30. The molecule has 0 radical (unpaired) electrons. The van der Waals surface area contributed by atoms with Crippen LogP contribution in [0.2, 0.25) is 5.02 Å². The highest BCUT2D eigenvalue weighted by atomic mass is 35.5. The van der Waals surface area contributed by atoms with Gasteiger partial charge in [0.05, 0.1) is 4.92 Å². The molecule has 1 aliphatic rings. The zero-order valence-electron chi connectivity index (χ0n) is 15.1. The number of nitro groups is 1. The van der Waals surface area contributed by atoms with Crippen molar-refractivity contribution in [3.05, 3.63) is 62.7 Å². The molecule has 0 fully saturated rings. The molecule has 0 aliphatic carbocycles. The number of nitrogens with one attached hydrogen (secondary N) is 1. The first-order valence-corrected chi connectivity index (χ1v) is 8.96. The summed E-state index contributed by atoms with van der Waals surface area (Å²) in [6, 6.07) is 9.19. The second-order valence-corrected chi connectivity index (χ2v) is 6.71. The Morgan fingerprint density at radius 1 is 1.29 bits per heavy atom. The molecule has 1 aliphatic heterocycles. The first kappa shape index (κ1) is 19.8. The van der Waals surface area contributed by atoms with Crippen LogP contribution in [0.1, 0.15) is 22.3 Å². The van der Waals surface area contributed by atoms with Gasteiger partial charge in [-0.3, -0.25) is 19.7 Å². The maximum Gasteiger partial charge on any atom is 0.288 e. The average Bonchev–Trinajstić information content (AvgIpc) is 2.67. The van der Waals surface area contributed by atoms with Gasteiger partial charge in [-0.25, -0.2) is 0 Å². The molecule has 8 nitrogen and oxygen atoms in total. The number of methoxy groups -OCH3 is 1. The highest BCUT2D eigenvalue weighted by molar-refractivity contribution is 6.32. The van der Waals surface area contributed by atoms with Crippen LogP contribution in [0.5, 0.6) is 0 Å². The zero-order chi connectivity index (χ0) is 20.3. The third kappa shape index (κ3) is 4.13. The molecule has 146 valence electrons. The van der Waals surface area contributed by atoms with Crippen molar-refractivity contribution in [3.8, 4) is 0 Å². The predicted octanol–water partition coefficient (Wildman–Crippen LogP) is 3.43. The minimum atomic E-state index is -0.642. The van der Waals surface area contributed by atoms with Gasteiger partial charge in [-0.1, -0.05) is 17.7 Å². The normalized spacial score (nSPS) is 13.0. The largest absolute Gasteiger partial charge is 0.375 e. The fourth-order valence-electron chi connectivity index (χ4n) is 3.11. The van der Waals surface area contributed by atoms with Crippen LogP contribution >= 0.6 is 11.6 Å². The summed E-state index contributed by atoms with van der Waals surface area (Å²) < 4.78 is 4.94. The highest BCUT2D eigenvalue weighted by Crippen LogP contribution is 2.31. The predicted molar refractivity (Wildman–Crippen MR) is 105 cm³/mol. The van der Waals surface area contributed by atoms with E-state index in [1.54, 1.807) is 17.0 Å². The summed E-state index contributed by atoms with van der Waals surface area (Å²) in [5, 5.41) is 13.7. The van der Waals surface area contributed by atoms with Crippen LogP contribution < -0.4 is 10.2 Å². The Bertz CT molecular complexity index is 947. The van der Waals surface area contributed by atoms with Crippen molar-refractivity contribution in [2.45, 2.75) is 12.8 Å². The summed E-state index contributed by atoms with van der Waals surface area (Å²) >= 11 is 5.79. The van der Waals surface area contributed by atoms with Crippen molar-refractivity contribution in [3.63, 3.8) is 0 Å². The van der Waals surface area contributed by atoms with E-state index in [0.717, 1.165) is 30.2 Å². The first-order chi connectivity index (χ1) is 13.4. The summed E-state index contributed by atoms with van der Waals surface area (Å²) in [6.07, 6.45) is 1.69. The molecule has 0 unspecified atom stereocenters. The Hall–Kier alpha value is -2.97. The van der Waals surface area contributed by atoms with Crippen molar-refractivity contribution in [2.75, 3.05) is 30.5 Å². The smallest absolute Gasteiger partial charge is 0.288 e. The lowest BCUT2D eigenvalue weighted by Crippen LogP contribution is -2.37. The van der Waals surface area contributed by atoms with Crippen LogP contribution in [0.3, 0.4) is 0 Å². The lowest BCUT2D eigenvalue weighted by atomic mass is 10.0. The molecular weight excluding hydrogens is 386 g/mol. The van der Waals surface area contributed by atoms with E-state index in [2.05, 4.69) is 5.32 Å². The minimum absolute atomic E-state index is 0.0233. The van der Waals surface area contributed by atoms with Crippen LogP contribution in [0.25, 0.3) is 0 Å². The number of ether oxygens (including phenoxy) is 1. The molecule has 0 atom stereocenters. The van der Waals surface area contributed by atoms with Crippen LogP contribution in [0, 0.1) is 10.1 Å². The number of halogens is 1. The van der Waals surface area contributed by atoms with E-state index in [1.165, 1.54) is 19.2 Å². The van der Waals surface area contributed by atoms with Gasteiger partial charge in [-0.2, -0.15) is 0 Å². The minimum Gasteiger partial charge on any atom is -0.375 e. The van der Waals surface area contributed by atoms with Gasteiger partial charge in [0.25, 0.3) is 17.5 Å². The molecule has 0 spiro atoms. The molecule has 1 N–H and O–H groups in total. The molecule has 9 heteroatoms. The molecule has 1 heterocycles. The number of carbonyl (C=O) groups excluding carboxylic acids is 2. The quantitative estimate of drug-likeness (QED) is 0.608. The molecule has 2 amide bonds. The fraction of sp³-hybridized carbons (Fsp3) is 0.263. The zero-order valence-corrected chi connectivity index (χ0v) is 15.9. The van der Waals surface area contributed by atoms with Gasteiger partial charge in [0.1, 0.15) is 11.6 Å². The Labute approximate surface area is 166 Å². The number of hydrogen-bond acceptors (Lipinski definition) is 5. The maximum absolute atomic E-state index is 12.5. The van der Waals surface area contributed by atoms with Crippen molar-refractivity contribution in [2.24, 2.45) is 0 Å². The second-order valence-electron chi connectivity index (χ2n) is 6.30. The number of benzene rings is 2. The first-order valence-electron chi connectivity index (χ1n) is 8.58. The van der Waals surface area contributed by atoms with E-state index in [-0.39, 0.29) is 28.8 Å². The Morgan fingerprint density at radius 3 is 2.79 bits per heavy atom. The van der Waals surface area contributed by atoms with E-state index in [4.69, 9.17) is 16.3 Å². The Balaban J connectivity index is 1.85. The number of nitro benzene ring substituents is 1. The summed E-state index contributed by atoms with van der Waals surface area (Å²) in [4.78, 5) is 36.8. The van der Waals surface area contributed by atoms with Gasteiger partial charge in [-0.15, -0.1) is 0 Å². The standard InChI is InChI=1S/C19H18ClN3O5/c1-28-11-18(24)22-8-2-3-12-4-6-14(10-16(12)22)21-19(25)13-5-7-15(20)17(9-13)23(26)27/h4-7,9-10H,2-3,8,11H2,1H3,(H,21,25). The van der Waals surface area contributed by atoms with E-state index >= 15 is 0 Å². The SMILES string of the molecule is COCC(=O)N1CCCc2ccc(NC(=O)c3ccc(Cl)c([N+](=O)[O-])c3)cc21. The molecule has 0 saturated carbocycles. The number of carbonyl (C=O) groups is 2. The van der Waals surface area contributed by atoms with Crippen LogP contribution in [0.4, 0.5) is 17.1 Å². The second kappa shape index (κ2) is 8.37. The number of hydrogen-bond donors (Lipinski definition) is 1. The van der Waals surface area contributed by atoms with Gasteiger partial charge in [0.15, 0.2) is 0 Å². The van der Waals surface area contributed by atoms with Crippen LogP contribution in [-0.4, -0.2) is 37.0 Å². The average molecular weight is 404 g/mol. The maximum atomic E-state index is 12.5. The lowest BCUT2D eigenvalue weighted by molar-refractivity contribution is -0.384. The molecule has 28 heavy (non-hydrogen) atoms. The van der Waals surface area contributed by atoms with Gasteiger partial charge < -0.3 is 15.0 Å². The molecule has 0 aromatic heterocycles. The van der Waals surface area contributed by atoms with Gasteiger partial charge in [0.2, 0.25) is 0 Å². The Kier molecular flexibility index (Phi) is 5.91. The third-order valence-corrected chi connectivity index (χ3v) is 4.76. The monoisotopic (exact) mass is 403 g/mol. The van der Waals surface area contributed by atoms with Gasteiger partial charge in [0, 0.05) is 36.7 Å². The molecule has 0 saturated heterocycles. The number of aryl methyl sites for hydroxylation is 1. The Morgan fingerprint density at radius 2 is 2.07 bits per heavy atom. The molecule has 0 bridgehead atoms. The molecule has 3 rings (SSSR count). The van der Waals surface area contributed by atoms with E-state index in [1.807, 2.05) is 6.07 Å². The highest BCUT2D eigenvalue weighted by Gasteiger charge is 2.23. The summed E-state index contributed by atoms with van der Waals surface area (Å²) in [5.41, 5.74) is 2.00. The topological polar surface area (TPSA) is 102 Å². The van der Waals surface area contributed by atoms with Crippen molar-refractivity contribution in [1.29, 1.82) is 0 Å². The molecular formula is C19H18ClN3O5. The van der Waals surface area contributed by atoms with Crippen molar-refractivity contribution >= 4 is 40.5 Å².